The molecule has 14 nitrogen and oxygen atoms in total. The average Bonchev–Trinajstić information content (AvgIpc) is 3.63. The summed E-state index contributed by atoms with van der Waals surface area (Å²) in [6, 6.07) is 29.8. The van der Waals surface area contributed by atoms with Gasteiger partial charge in [-0.25, -0.2) is 0 Å². The summed E-state index contributed by atoms with van der Waals surface area (Å²) in [7, 11) is 0. The molecule has 4 N–H and O–H groups in total. The molecule has 0 aliphatic heterocycles. The number of hydrogen-bond acceptors (Lipinski definition) is 8. The summed E-state index contributed by atoms with van der Waals surface area (Å²) in [4.78, 5) is 75.6. The van der Waals surface area contributed by atoms with Crippen LogP contribution in [0.1, 0.15) is 53.1 Å². The molecule has 0 spiro atoms. The molecule has 4 atom stereocenters. The van der Waals surface area contributed by atoms with Gasteiger partial charge in [-0.15, -0.1) is 0 Å². The van der Waals surface area contributed by atoms with Gasteiger partial charge in [-0.3, -0.25) is 34.1 Å². The van der Waals surface area contributed by atoms with Crippen molar-refractivity contribution in [2.75, 3.05) is 5.32 Å². The van der Waals surface area contributed by atoms with Crippen LogP contribution in [0.4, 0.5) is 11.4 Å². The third kappa shape index (κ3) is 11.8. The van der Waals surface area contributed by atoms with Crippen LogP contribution in [0.3, 0.4) is 0 Å². The molecule has 2 radical (unpaired) electrons. The molecule has 2 amide bonds. The SMILES string of the molecule is CC(C(Cc1ccc(C(=O)Nc2ccccc2)o1)c1ccc([N+](=O)[O-])cc1)N(Cc1ccc2ccccc2c1)C(=O)CC(C(=O)O)C(CC(=O)O)C(=O)O.[Na].[Na]. The second-order valence-electron chi connectivity index (χ2n) is 12.9. The Labute approximate surface area is 365 Å². The largest absolute Gasteiger partial charge is 0.481 e. The molecule has 0 aliphatic rings. The van der Waals surface area contributed by atoms with E-state index < -0.39 is 71.3 Å². The summed E-state index contributed by atoms with van der Waals surface area (Å²) < 4.78 is 5.96. The molecule has 0 fully saturated rings. The molecule has 0 bridgehead atoms. The standard InChI is InChI=1S/C40H37N3O11.2Na/c1-24(32(27-13-15-30(16-14-27)43(52)53)20-31-17-18-35(54-31)38(47)41-29-9-3-2-4-10-29)42(23-25-11-12-26-7-5-6-8-28(26)19-25)36(44)21-33(39(48)49)34(40(50)51)22-37(45)46;;/h2-19,24,32-34H,20-23H2,1H3,(H,41,47)(H,45,46)(H,48,49)(H,50,51);;. The van der Waals surface area contributed by atoms with E-state index in [0.717, 1.165) is 10.8 Å². The molecule has 5 rings (SSSR count). The number of carboxylic acids is 3. The molecule has 4 aromatic carbocycles. The van der Waals surface area contributed by atoms with Crippen LogP contribution in [0, 0.1) is 22.0 Å². The van der Waals surface area contributed by atoms with E-state index in [9.17, 15) is 49.4 Å². The quantitative estimate of drug-likeness (QED) is 0.0499. The van der Waals surface area contributed by atoms with Crippen molar-refractivity contribution in [3.05, 3.63) is 142 Å². The Bertz CT molecular complexity index is 2180. The fourth-order valence-corrected chi connectivity index (χ4v) is 6.46. The van der Waals surface area contributed by atoms with Crippen molar-refractivity contribution >= 4 is 111 Å². The number of fused-ring (bicyclic) bond motifs is 1. The molecular weight excluding hydrogens is 744 g/mol. The Morgan fingerprint density at radius 1 is 0.768 bits per heavy atom. The first kappa shape index (κ1) is 45.6. The molecule has 0 aliphatic carbocycles. The van der Waals surface area contributed by atoms with Crippen molar-refractivity contribution in [3.8, 4) is 0 Å². The van der Waals surface area contributed by atoms with Gasteiger partial charge in [0, 0.05) is 108 Å². The molecule has 16 heteroatoms. The third-order valence-corrected chi connectivity index (χ3v) is 9.34. The van der Waals surface area contributed by atoms with Gasteiger partial charge in [0.25, 0.3) is 11.6 Å². The van der Waals surface area contributed by atoms with Crippen LogP contribution in [0.2, 0.25) is 0 Å². The van der Waals surface area contributed by atoms with Gasteiger partial charge in [-0.1, -0.05) is 66.7 Å². The number of furan rings is 1. The summed E-state index contributed by atoms with van der Waals surface area (Å²) in [5.74, 6) is -10.2. The summed E-state index contributed by atoms with van der Waals surface area (Å²) >= 11 is 0. The molecule has 4 unspecified atom stereocenters. The van der Waals surface area contributed by atoms with E-state index in [-0.39, 0.29) is 83.5 Å². The monoisotopic (exact) mass is 781 g/mol. The zero-order chi connectivity index (χ0) is 38.9. The topological polar surface area (TPSA) is 218 Å². The molecular formula is C40H37N3Na2O11. The third-order valence-electron chi connectivity index (χ3n) is 9.34. The number of amides is 2. The Morgan fingerprint density at radius 3 is 1.98 bits per heavy atom. The maximum atomic E-state index is 14.3. The summed E-state index contributed by atoms with van der Waals surface area (Å²) in [5, 5.41) is 45.2. The van der Waals surface area contributed by atoms with Crippen LogP contribution in [0.15, 0.2) is 114 Å². The minimum Gasteiger partial charge on any atom is -0.481 e. The van der Waals surface area contributed by atoms with E-state index in [1.807, 2.05) is 36.4 Å². The van der Waals surface area contributed by atoms with Gasteiger partial charge < -0.3 is 30.0 Å². The number of benzene rings is 4. The van der Waals surface area contributed by atoms with Crippen LogP contribution >= 0.6 is 0 Å². The Balaban J connectivity index is 0.00000420. The van der Waals surface area contributed by atoms with E-state index >= 15 is 0 Å². The van der Waals surface area contributed by atoms with Gasteiger partial charge in [0.2, 0.25) is 5.91 Å². The molecule has 5 aromatic rings. The van der Waals surface area contributed by atoms with E-state index in [2.05, 4.69) is 5.32 Å². The molecule has 280 valence electrons. The first-order valence-corrected chi connectivity index (χ1v) is 16.9. The average molecular weight is 782 g/mol. The minimum absolute atomic E-state index is 0. The Morgan fingerprint density at radius 2 is 1.38 bits per heavy atom. The number of aliphatic carboxylic acids is 3. The van der Waals surface area contributed by atoms with Crippen LogP contribution in [0.5, 0.6) is 0 Å². The van der Waals surface area contributed by atoms with E-state index in [1.165, 1.54) is 35.2 Å². The van der Waals surface area contributed by atoms with E-state index in [4.69, 9.17) is 4.42 Å². The number of nitrogens with one attached hydrogen (secondary N) is 1. The number of nitrogens with zero attached hydrogens (tertiary/aromatic N) is 2. The molecule has 0 saturated carbocycles. The molecule has 1 aromatic heterocycles. The minimum atomic E-state index is -1.89. The van der Waals surface area contributed by atoms with Gasteiger partial charge in [0.1, 0.15) is 5.76 Å². The van der Waals surface area contributed by atoms with Crippen molar-refractivity contribution in [3.63, 3.8) is 0 Å². The molecule has 1 heterocycles. The van der Waals surface area contributed by atoms with Crippen LogP contribution in [0.25, 0.3) is 10.8 Å². The summed E-state index contributed by atoms with van der Waals surface area (Å²) in [5.41, 5.74) is 1.60. The maximum absolute atomic E-state index is 14.3. The fraction of sp³-hybridized carbons (Fsp3) is 0.225. The van der Waals surface area contributed by atoms with Crippen molar-refractivity contribution in [1.29, 1.82) is 0 Å². The van der Waals surface area contributed by atoms with Gasteiger partial charge in [0.05, 0.1) is 23.2 Å². The van der Waals surface area contributed by atoms with Crippen molar-refractivity contribution in [1.82, 2.24) is 4.90 Å². The van der Waals surface area contributed by atoms with Gasteiger partial charge in [-0.05, 0) is 59.2 Å². The molecule has 56 heavy (non-hydrogen) atoms. The summed E-state index contributed by atoms with van der Waals surface area (Å²) in [6.07, 6.45) is -1.75. The maximum Gasteiger partial charge on any atom is 0.307 e. The van der Waals surface area contributed by atoms with Crippen molar-refractivity contribution < 1.29 is 48.6 Å². The Kier molecular flexibility index (Phi) is 17.0. The zero-order valence-corrected chi connectivity index (χ0v) is 35.0. The Hall–Kier alpha value is -4.83. The molecule has 0 saturated heterocycles. The van der Waals surface area contributed by atoms with Gasteiger partial charge in [-0.2, -0.15) is 0 Å². The number of nitro groups is 1. The fourth-order valence-electron chi connectivity index (χ4n) is 6.46. The summed E-state index contributed by atoms with van der Waals surface area (Å²) in [6.45, 7) is 1.65. The number of hydrogen-bond donors (Lipinski definition) is 4. The van der Waals surface area contributed by atoms with Gasteiger partial charge >= 0.3 is 17.9 Å². The smallest absolute Gasteiger partial charge is 0.307 e. The van der Waals surface area contributed by atoms with Crippen molar-refractivity contribution in [2.24, 2.45) is 11.8 Å². The van der Waals surface area contributed by atoms with E-state index in [0.29, 0.717) is 22.6 Å². The van der Waals surface area contributed by atoms with E-state index in [1.54, 1.807) is 49.4 Å². The number of nitro benzene ring substituents is 1. The normalized spacial score (nSPS) is 12.8. The number of para-hydroxylation sites is 1. The number of non-ortho nitro benzene ring substituents is 1. The van der Waals surface area contributed by atoms with Crippen LogP contribution in [-0.4, -0.2) is 120 Å². The zero-order valence-electron chi connectivity index (χ0n) is 31.0. The van der Waals surface area contributed by atoms with Gasteiger partial charge in [0.15, 0.2) is 5.76 Å². The van der Waals surface area contributed by atoms with Crippen molar-refractivity contribution in [2.45, 2.75) is 44.7 Å². The number of carboxylic acid groups (broad SMARTS) is 3. The number of anilines is 1. The predicted molar refractivity (Wildman–Crippen MR) is 207 cm³/mol. The second kappa shape index (κ2) is 20.9. The van der Waals surface area contributed by atoms with Crippen LogP contribution in [-0.2, 0) is 32.1 Å². The first-order chi connectivity index (χ1) is 25.8. The number of rotatable bonds is 17. The second-order valence-corrected chi connectivity index (χ2v) is 12.9. The first-order valence-electron chi connectivity index (χ1n) is 16.9. The number of carbonyl (C=O) groups is 5. The predicted octanol–water partition coefficient (Wildman–Crippen LogP) is 5.84. The van der Waals surface area contributed by atoms with Crippen LogP contribution < -0.4 is 5.32 Å². The number of carbonyl (C=O) groups excluding carboxylic acids is 2.